The zero-order valence-corrected chi connectivity index (χ0v) is 21.6. The normalized spacial score (nSPS) is 12.6. The number of aromatic nitrogens is 5. The van der Waals surface area contributed by atoms with E-state index in [-0.39, 0.29) is 23.1 Å². The fourth-order valence-corrected chi connectivity index (χ4v) is 4.50. The zero-order valence-electron chi connectivity index (χ0n) is 21.6. The fraction of sp³-hybridized carbons (Fsp3) is 0.143. The molecule has 0 atom stereocenters. The number of para-hydroxylation sites is 1. The molecule has 0 bridgehead atoms. The molecule has 2 aromatic heterocycles. The first kappa shape index (κ1) is 25.7. The maximum absolute atomic E-state index is 13.1. The van der Waals surface area contributed by atoms with E-state index in [0.717, 1.165) is 29.8 Å². The van der Waals surface area contributed by atoms with Crippen LogP contribution in [-0.2, 0) is 19.6 Å². The number of carbonyl (C=O) groups excluding carboxylic acids is 1. The molecule has 0 fully saturated rings. The number of carbonyl (C=O) groups is 1. The van der Waals surface area contributed by atoms with Crippen LogP contribution in [0.4, 0.5) is 15.9 Å². The number of nitrogens with one attached hydrogen (secondary N) is 1. The Morgan fingerprint density at radius 2 is 1.90 bits per heavy atom. The van der Waals surface area contributed by atoms with E-state index in [0.29, 0.717) is 24.6 Å². The Labute approximate surface area is 233 Å². The first-order valence-corrected chi connectivity index (χ1v) is 12.7. The Bertz CT molecular complexity index is 1700. The Morgan fingerprint density at radius 1 is 1.10 bits per heavy atom. The highest BCUT2D eigenvalue weighted by Gasteiger charge is 2.28. The van der Waals surface area contributed by atoms with Crippen LogP contribution < -0.4 is 20.8 Å². The smallest absolute Gasteiger partial charge is 0.293 e. The first-order valence-electron chi connectivity index (χ1n) is 12.7. The number of benzene rings is 3. The predicted molar refractivity (Wildman–Crippen MR) is 147 cm³/mol. The lowest BCUT2D eigenvalue weighted by Gasteiger charge is -2.19. The molecular weight excluding hydrogens is 529 g/mol. The van der Waals surface area contributed by atoms with Crippen molar-refractivity contribution in [2.24, 2.45) is 5.10 Å². The summed E-state index contributed by atoms with van der Waals surface area (Å²) in [7, 11) is 0. The molecule has 0 spiro atoms. The number of nitrogen functional groups attached to an aromatic ring is 1. The molecule has 0 radical (unpaired) electrons. The third-order valence-electron chi connectivity index (χ3n) is 6.58. The molecule has 1 amide bonds. The van der Waals surface area contributed by atoms with E-state index in [1.54, 1.807) is 36.4 Å². The second-order valence-electron chi connectivity index (χ2n) is 9.25. The number of nitrogens with zero attached hydrogens (tertiary/aromatic N) is 7. The summed E-state index contributed by atoms with van der Waals surface area (Å²) in [6.07, 6.45) is 2.38. The van der Waals surface area contributed by atoms with Crippen molar-refractivity contribution < 1.29 is 18.6 Å². The fourth-order valence-electron chi connectivity index (χ4n) is 4.50. The molecule has 3 aromatic carbocycles. The summed E-state index contributed by atoms with van der Waals surface area (Å²) >= 11 is 0. The minimum atomic E-state index is -0.552. The van der Waals surface area contributed by atoms with Gasteiger partial charge in [-0.15, -0.1) is 5.10 Å². The maximum Gasteiger partial charge on any atom is 0.293 e. The summed E-state index contributed by atoms with van der Waals surface area (Å²) in [5.41, 5.74) is 12.8. The molecule has 1 aliphatic heterocycles. The van der Waals surface area contributed by atoms with Crippen molar-refractivity contribution in [3.05, 3.63) is 107 Å². The van der Waals surface area contributed by atoms with Crippen LogP contribution >= 0.6 is 0 Å². The van der Waals surface area contributed by atoms with Gasteiger partial charge in [0.05, 0.1) is 18.5 Å². The van der Waals surface area contributed by atoms with Gasteiger partial charge in [0.25, 0.3) is 5.91 Å². The second kappa shape index (κ2) is 11.3. The monoisotopic (exact) mass is 553 g/mol. The van der Waals surface area contributed by atoms with Crippen molar-refractivity contribution in [1.82, 2.24) is 30.7 Å². The van der Waals surface area contributed by atoms with Crippen molar-refractivity contribution in [3.8, 4) is 11.6 Å². The summed E-state index contributed by atoms with van der Waals surface area (Å²) in [4.78, 5) is 15.3. The number of anilines is 2. The van der Waals surface area contributed by atoms with Crippen molar-refractivity contribution in [2.75, 3.05) is 17.2 Å². The van der Waals surface area contributed by atoms with Gasteiger partial charge in [0.15, 0.2) is 5.69 Å². The van der Waals surface area contributed by atoms with Gasteiger partial charge in [-0.05, 0) is 75.9 Å². The summed E-state index contributed by atoms with van der Waals surface area (Å²) in [5.74, 6) is -0.0388. The molecule has 41 heavy (non-hydrogen) atoms. The van der Waals surface area contributed by atoms with E-state index >= 15 is 0 Å². The highest BCUT2D eigenvalue weighted by molar-refractivity contribution is 5.94. The first-order chi connectivity index (χ1) is 20.0. The molecule has 3 N–H and O–H groups in total. The molecule has 1 aliphatic rings. The third kappa shape index (κ3) is 5.59. The topological polar surface area (TPSA) is 150 Å². The number of ether oxygens (including phenoxy) is 1. The van der Waals surface area contributed by atoms with Crippen LogP contribution in [0.25, 0.3) is 5.82 Å². The molecule has 0 aliphatic carbocycles. The van der Waals surface area contributed by atoms with Gasteiger partial charge in [0, 0.05) is 12.2 Å². The van der Waals surface area contributed by atoms with Gasteiger partial charge in [0.1, 0.15) is 18.2 Å². The Balaban J connectivity index is 1.14. The van der Waals surface area contributed by atoms with Crippen molar-refractivity contribution >= 4 is 23.6 Å². The van der Waals surface area contributed by atoms with E-state index in [2.05, 4.69) is 42.1 Å². The minimum Gasteiger partial charge on any atom is -0.489 e. The second-order valence-corrected chi connectivity index (χ2v) is 9.25. The molecule has 0 saturated carbocycles. The quantitative estimate of drug-likeness (QED) is 0.207. The van der Waals surface area contributed by atoms with Crippen LogP contribution in [0.3, 0.4) is 0 Å². The van der Waals surface area contributed by atoms with Gasteiger partial charge in [-0.2, -0.15) is 9.78 Å². The van der Waals surface area contributed by atoms with Crippen molar-refractivity contribution in [2.45, 2.75) is 19.6 Å². The van der Waals surface area contributed by atoms with Crippen LogP contribution in [0.5, 0.6) is 5.75 Å². The van der Waals surface area contributed by atoms with E-state index < -0.39 is 5.91 Å². The van der Waals surface area contributed by atoms with Gasteiger partial charge in [-0.3, -0.25) is 4.79 Å². The average Bonchev–Trinajstić information content (AvgIpc) is 3.72. The predicted octanol–water partition coefficient (Wildman–Crippen LogP) is 3.28. The van der Waals surface area contributed by atoms with E-state index in [1.807, 2.05) is 18.2 Å². The number of amides is 1. The van der Waals surface area contributed by atoms with E-state index in [9.17, 15) is 9.18 Å². The number of hydrazone groups is 1. The van der Waals surface area contributed by atoms with Crippen LogP contribution in [0, 0.1) is 5.82 Å². The number of hydrogen-bond acceptors (Lipinski definition) is 10. The van der Waals surface area contributed by atoms with Crippen LogP contribution in [0.2, 0.25) is 0 Å². The Kier molecular flexibility index (Phi) is 7.05. The van der Waals surface area contributed by atoms with E-state index in [4.69, 9.17) is 15.1 Å². The van der Waals surface area contributed by atoms with E-state index in [1.165, 1.54) is 28.6 Å². The molecule has 0 unspecified atom stereocenters. The van der Waals surface area contributed by atoms with Crippen LogP contribution in [0.15, 0.2) is 82.5 Å². The summed E-state index contributed by atoms with van der Waals surface area (Å²) in [6.45, 7) is 1.40. The maximum atomic E-state index is 13.1. The molecule has 13 heteroatoms. The molecule has 6 rings (SSSR count). The number of hydrogen-bond donors (Lipinski definition) is 2. The minimum absolute atomic E-state index is 0.0213. The molecular formula is C28H24FN9O3. The highest BCUT2D eigenvalue weighted by atomic mass is 19.1. The van der Waals surface area contributed by atoms with Gasteiger partial charge >= 0.3 is 0 Å². The summed E-state index contributed by atoms with van der Waals surface area (Å²) in [6, 6.07) is 21.4. The number of nitrogens with two attached hydrogens (primary N) is 1. The van der Waals surface area contributed by atoms with Gasteiger partial charge in [-0.1, -0.05) is 35.5 Å². The van der Waals surface area contributed by atoms with Crippen LogP contribution in [-0.4, -0.2) is 44.0 Å². The Hall–Kier alpha value is -5.59. The number of fused-ring (bicyclic) bond motifs is 1. The summed E-state index contributed by atoms with van der Waals surface area (Å²) in [5, 5.41) is 19.7. The van der Waals surface area contributed by atoms with Crippen molar-refractivity contribution in [1.29, 1.82) is 0 Å². The van der Waals surface area contributed by atoms with Gasteiger partial charge in [0.2, 0.25) is 11.6 Å². The summed E-state index contributed by atoms with van der Waals surface area (Å²) < 4.78 is 24.9. The Morgan fingerprint density at radius 3 is 2.68 bits per heavy atom. The lowest BCUT2D eigenvalue weighted by Crippen LogP contribution is -2.26. The van der Waals surface area contributed by atoms with Crippen LogP contribution in [0.1, 0.15) is 32.9 Å². The van der Waals surface area contributed by atoms with Gasteiger partial charge < -0.3 is 15.4 Å². The molecule has 12 nitrogen and oxygen atoms in total. The molecule has 0 saturated heterocycles. The number of halogens is 1. The standard InChI is InChI=1S/C28H24FN9O3/c29-21-9-5-19(6-10-21)17-40-22-11-7-18(8-12-22)15-31-33-28(39)25-24(38(36-32-25)27-26(30)34-41-35-27)16-37-14-13-20-3-1-2-4-23(20)37/h1-12,15H,13-14,16-17H2,(H2,30,34)(H,33,39)/b31-15+. The van der Waals surface area contributed by atoms with Gasteiger partial charge in [-0.25, -0.2) is 14.4 Å². The largest absolute Gasteiger partial charge is 0.489 e. The van der Waals surface area contributed by atoms with Crippen molar-refractivity contribution in [3.63, 3.8) is 0 Å². The molecule has 5 aromatic rings. The average molecular weight is 554 g/mol. The SMILES string of the molecule is Nc1nonc1-n1nnc(C(=O)N/N=C/c2ccc(OCc3ccc(F)cc3)cc2)c1CN1CCc2ccccc21. The highest BCUT2D eigenvalue weighted by Crippen LogP contribution is 2.30. The lowest BCUT2D eigenvalue weighted by molar-refractivity contribution is 0.0949. The zero-order chi connectivity index (χ0) is 28.2. The third-order valence-corrected chi connectivity index (χ3v) is 6.58. The number of rotatable bonds is 9. The molecule has 3 heterocycles. The lowest BCUT2D eigenvalue weighted by atomic mass is 10.2. The molecule has 206 valence electrons.